The Bertz CT molecular complexity index is 2710. The molecule has 18 heteroatoms. The Balaban J connectivity index is 1.23. The summed E-state index contributed by atoms with van der Waals surface area (Å²) in [6.07, 6.45) is 0. The highest BCUT2D eigenvalue weighted by Gasteiger charge is 2.22. The van der Waals surface area contributed by atoms with Gasteiger partial charge < -0.3 is 20.0 Å². The molecule has 4 N–H and O–H groups in total. The van der Waals surface area contributed by atoms with Gasteiger partial charge in [-0.3, -0.25) is 19.0 Å². The Kier molecular flexibility index (Phi) is 11.7. The van der Waals surface area contributed by atoms with Crippen LogP contribution in [0.25, 0.3) is 21.5 Å². The SMILES string of the molecule is CC(=O)N(CCN(C(C)=O)c1ccc2ccc(S(=O)(=O)Nc3ccc(Cl)c(C(=O)O)c3)cc2c1)c1ccc2ccc(S(=O)(=O)Nc3ccc(Cl)c(C(=O)O)c3)cc2c1. The molecular formula is C40H32Cl2N4O10S2. The third kappa shape index (κ3) is 9.00. The predicted molar refractivity (Wildman–Crippen MR) is 222 cm³/mol. The lowest BCUT2D eigenvalue weighted by molar-refractivity contribution is -0.118. The summed E-state index contributed by atoms with van der Waals surface area (Å²) in [5.74, 6) is -3.37. The van der Waals surface area contributed by atoms with E-state index in [1.807, 2.05) is 0 Å². The fraction of sp³-hybridized carbons (Fsp3) is 0.100. The normalized spacial score (nSPS) is 11.6. The standard InChI is InChI=1S/C40H32Cl2N4O10S2/c1-23(47)45(31-9-3-25-5-11-33(19-27(25)17-31)57(53,54)43-29-7-13-37(41)35(21-29)39(49)50)15-16-46(24(2)48)32-10-4-26-6-12-34(20-28(26)18-32)58(55,56)44-30-8-14-38(42)36(22-30)40(51)52/h3-14,17-22,43-44H,15-16H2,1-2H3,(H,49,50)(H,51,52). The van der Waals surface area contributed by atoms with E-state index in [0.29, 0.717) is 32.9 Å². The largest absolute Gasteiger partial charge is 0.478 e. The summed E-state index contributed by atoms with van der Waals surface area (Å²) in [5, 5.41) is 20.9. The first-order valence-electron chi connectivity index (χ1n) is 17.1. The molecule has 298 valence electrons. The molecule has 0 fully saturated rings. The van der Waals surface area contributed by atoms with Crippen molar-refractivity contribution in [3.05, 3.63) is 130 Å². The second-order valence-corrected chi connectivity index (χ2v) is 17.1. The van der Waals surface area contributed by atoms with Crippen LogP contribution >= 0.6 is 23.2 Å². The third-order valence-electron chi connectivity index (χ3n) is 9.04. The lowest BCUT2D eigenvalue weighted by Crippen LogP contribution is -2.39. The highest BCUT2D eigenvalue weighted by atomic mass is 35.5. The van der Waals surface area contributed by atoms with Gasteiger partial charge in [0.05, 0.1) is 31.0 Å². The molecule has 2 amide bonds. The van der Waals surface area contributed by atoms with Crippen molar-refractivity contribution < 1.29 is 46.2 Å². The highest BCUT2D eigenvalue weighted by Crippen LogP contribution is 2.30. The molecule has 0 unspecified atom stereocenters. The van der Waals surface area contributed by atoms with Crippen molar-refractivity contribution in [1.29, 1.82) is 0 Å². The summed E-state index contributed by atoms with van der Waals surface area (Å²) >= 11 is 11.9. The van der Waals surface area contributed by atoms with Crippen molar-refractivity contribution in [1.82, 2.24) is 0 Å². The zero-order valence-corrected chi connectivity index (χ0v) is 33.6. The van der Waals surface area contributed by atoms with Crippen molar-refractivity contribution in [3.8, 4) is 0 Å². The number of carbonyl (C=O) groups is 4. The molecule has 6 rings (SSSR count). The average Bonchev–Trinajstić information content (AvgIpc) is 3.16. The van der Waals surface area contributed by atoms with Gasteiger partial charge >= 0.3 is 11.9 Å². The molecule has 0 aliphatic rings. The number of carboxylic acids is 2. The molecule has 14 nitrogen and oxygen atoms in total. The van der Waals surface area contributed by atoms with Crippen molar-refractivity contribution >= 4 is 111 Å². The van der Waals surface area contributed by atoms with E-state index in [9.17, 15) is 46.2 Å². The van der Waals surface area contributed by atoms with E-state index >= 15 is 0 Å². The quantitative estimate of drug-likeness (QED) is 0.0890. The maximum absolute atomic E-state index is 13.3. The lowest BCUT2D eigenvalue weighted by atomic mass is 10.1. The van der Waals surface area contributed by atoms with Gasteiger partial charge in [-0.15, -0.1) is 0 Å². The van der Waals surface area contributed by atoms with E-state index in [4.69, 9.17) is 23.2 Å². The van der Waals surface area contributed by atoms with Crippen LogP contribution in [0.4, 0.5) is 22.7 Å². The number of nitrogens with zero attached hydrogens (tertiary/aromatic N) is 2. The van der Waals surface area contributed by atoms with Crippen molar-refractivity contribution in [3.63, 3.8) is 0 Å². The van der Waals surface area contributed by atoms with Gasteiger partial charge in [-0.2, -0.15) is 0 Å². The Hall–Kier alpha value is -6.20. The smallest absolute Gasteiger partial charge is 0.337 e. The first-order valence-corrected chi connectivity index (χ1v) is 20.8. The minimum atomic E-state index is -4.19. The van der Waals surface area contributed by atoms with E-state index in [-0.39, 0.29) is 67.2 Å². The summed E-state index contributed by atoms with van der Waals surface area (Å²) in [4.78, 5) is 51.6. The Morgan fingerprint density at radius 2 is 0.879 bits per heavy atom. The Labute approximate surface area is 342 Å². The number of hydrogen-bond donors (Lipinski definition) is 4. The summed E-state index contributed by atoms with van der Waals surface area (Å²) in [6, 6.07) is 26.3. The second-order valence-electron chi connectivity index (χ2n) is 12.9. The minimum Gasteiger partial charge on any atom is -0.478 e. The number of sulfonamides is 2. The summed E-state index contributed by atoms with van der Waals surface area (Å²) < 4.78 is 58.1. The van der Waals surface area contributed by atoms with Crippen LogP contribution in [0.15, 0.2) is 119 Å². The maximum Gasteiger partial charge on any atom is 0.337 e. The lowest BCUT2D eigenvalue weighted by Gasteiger charge is -2.27. The van der Waals surface area contributed by atoms with Gasteiger partial charge in [0.15, 0.2) is 0 Å². The van der Waals surface area contributed by atoms with Crippen LogP contribution in [0.2, 0.25) is 10.0 Å². The maximum atomic E-state index is 13.3. The molecule has 0 aliphatic carbocycles. The first kappa shape index (κ1) is 41.4. The van der Waals surface area contributed by atoms with Crippen LogP contribution in [-0.2, 0) is 29.6 Å². The van der Waals surface area contributed by atoms with Gasteiger partial charge in [-0.1, -0.05) is 47.5 Å². The van der Waals surface area contributed by atoms with E-state index in [1.54, 1.807) is 48.5 Å². The molecule has 0 saturated carbocycles. The molecule has 0 atom stereocenters. The third-order valence-corrected chi connectivity index (χ3v) is 12.5. The molecule has 0 bridgehead atoms. The Morgan fingerprint density at radius 3 is 1.22 bits per heavy atom. The van der Waals surface area contributed by atoms with Gasteiger partial charge in [0.2, 0.25) is 11.8 Å². The molecular weight excluding hydrogens is 831 g/mol. The number of benzene rings is 6. The second kappa shape index (κ2) is 16.3. The number of rotatable bonds is 13. The topological polar surface area (TPSA) is 208 Å². The monoisotopic (exact) mass is 862 g/mol. The number of anilines is 4. The van der Waals surface area contributed by atoms with Gasteiger partial charge in [0.1, 0.15) is 0 Å². The number of carbonyl (C=O) groups excluding carboxylic acids is 2. The van der Waals surface area contributed by atoms with Crippen molar-refractivity contribution in [2.75, 3.05) is 32.3 Å². The van der Waals surface area contributed by atoms with Gasteiger partial charge in [-0.25, -0.2) is 26.4 Å². The summed E-state index contributed by atoms with van der Waals surface area (Å²) in [7, 11) is -8.38. The van der Waals surface area contributed by atoms with E-state index in [1.165, 1.54) is 72.2 Å². The van der Waals surface area contributed by atoms with Crippen LogP contribution in [-0.4, -0.2) is 63.9 Å². The summed E-state index contributed by atoms with van der Waals surface area (Å²) in [5.41, 5.74) is 0.283. The summed E-state index contributed by atoms with van der Waals surface area (Å²) in [6.45, 7) is 2.75. The number of carboxylic acid groups (broad SMARTS) is 2. The van der Waals surface area contributed by atoms with Gasteiger partial charge in [0, 0.05) is 49.7 Å². The Morgan fingerprint density at radius 1 is 0.517 bits per heavy atom. The van der Waals surface area contributed by atoms with E-state index < -0.39 is 32.0 Å². The number of fused-ring (bicyclic) bond motifs is 2. The van der Waals surface area contributed by atoms with E-state index in [0.717, 1.165) is 12.1 Å². The molecule has 0 heterocycles. The number of amides is 2. The molecule has 0 spiro atoms. The molecule has 6 aromatic carbocycles. The minimum absolute atomic E-state index is 0.00546. The molecule has 6 aromatic rings. The molecule has 0 radical (unpaired) electrons. The molecule has 0 saturated heterocycles. The fourth-order valence-corrected chi connectivity index (χ4v) is 8.73. The first-order chi connectivity index (χ1) is 27.3. The molecule has 58 heavy (non-hydrogen) atoms. The number of halogens is 2. The van der Waals surface area contributed by atoms with Crippen LogP contribution in [0.3, 0.4) is 0 Å². The number of hydrogen-bond acceptors (Lipinski definition) is 8. The van der Waals surface area contributed by atoms with Crippen molar-refractivity contribution in [2.24, 2.45) is 0 Å². The van der Waals surface area contributed by atoms with Crippen LogP contribution < -0.4 is 19.2 Å². The highest BCUT2D eigenvalue weighted by molar-refractivity contribution is 7.93. The van der Waals surface area contributed by atoms with Crippen LogP contribution in [0.1, 0.15) is 34.6 Å². The van der Waals surface area contributed by atoms with Crippen molar-refractivity contribution in [2.45, 2.75) is 23.6 Å². The van der Waals surface area contributed by atoms with Gasteiger partial charge in [0.25, 0.3) is 20.0 Å². The molecule has 0 aromatic heterocycles. The number of aromatic carboxylic acids is 2. The zero-order chi connectivity index (χ0) is 42.1. The van der Waals surface area contributed by atoms with Crippen LogP contribution in [0.5, 0.6) is 0 Å². The van der Waals surface area contributed by atoms with Crippen LogP contribution in [0, 0.1) is 0 Å². The molecule has 0 aliphatic heterocycles. The zero-order valence-electron chi connectivity index (χ0n) is 30.4. The van der Waals surface area contributed by atoms with E-state index in [2.05, 4.69) is 9.44 Å². The predicted octanol–water partition coefficient (Wildman–Crippen LogP) is 7.70. The van der Waals surface area contributed by atoms with Gasteiger partial charge in [-0.05, 0) is 106 Å². The number of nitrogens with one attached hydrogen (secondary N) is 2. The average molecular weight is 864 g/mol. The fourth-order valence-electron chi connectivity index (χ4n) is 6.16.